The first-order chi connectivity index (χ1) is 15.6. The maximum Gasteiger partial charge on any atom is 0.339 e. The molecular formula is C22H28ClN3O6S. The molecule has 0 amide bonds. The minimum atomic E-state index is -3.98. The van der Waals surface area contributed by atoms with E-state index < -0.39 is 16.1 Å². The van der Waals surface area contributed by atoms with Gasteiger partial charge in [-0.25, -0.2) is 0 Å². The molecular weight excluding hydrogens is 470 g/mol. The summed E-state index contributed by atoms with van der Waals surface area (Å²) in [7, 11) is -3.98. The number of ether oxygens (including phenoxy) is 1. The number of carboxylic acid groups (broad SMARTS) is 1. The quantitative estimate of drug-likeness (QED) is 0.195. The summed E-state index contributed by atoms with van der Waals surface area (Å²) in [6.07, 6.45) is 3.61. The van der Waals surface area contributed by atoms with Crippen molar-refractivity contribution < 1.29 is 27.2 Å². The van der Waals surface area contributed by atoms with E-state index in [-0.39, 0.29) is 10.6 Å². The van der Waals surface area contributed by atoms with Gasteiger partial charge in [0.15, 0.2) is 0 Å². The van der Waals surface area contributed by atoms with Crippen LogP contribution < -0.4 is 14.8 Å². The average molecular weight is 498 g/mol. The van der Waals surface area contributed by atoms with E-state index in [1.807, 2.05) is 13.0 Å². The Balaban J connectivity index is 0.000000890. The molecule has 2 aromatic carbocycles. The Hall–Kier alpha value is -2.98. The Morgan fingerprint density at radius 1 is 1.24 bits per heavy atom. The molecule has 0 bridgehead atoms. The van der Waals surface area contributed by atoms with Crippen LogP contribution in [0, 0.1) is 12.8 Å². The van der Waals surface area contributed by atoms with E-state index in [0.29, 0.717) is 23.3 Å². The third-order valence-electron chi connectivity index (χ3n) is 4.68. The number of likely N-dealkylation sites (tertiary alicyclic amines) is 1. The number of hydrogen-bond acceptors (Lipinski definition) is 7. The molecule has 0 radical (unpaired) electrons. The number of nitrogens with zero attached hydrogens (tertiary/aromatic N) is 2. The molecule has 3 N–H and O–H groups in total. The Kier molecular flexibility index (Phi) is 9.80. The van der Waals surface area contributed by atoms with Crippen molar-refractivity contribution in [3.63, 3.8) is 0 Å². The number of carboxylic acids is 1. The summed E-state index contributed by atoms with van der Waals surface area (Å²) in [5.41, 5.74) is 0.841. The second-order valence-corrected chi connectivity index (χ2v) is 9.53. The first kappa shape index (κ1) is 26.3. The van der Waals surface area contributed by atoms with Crippen LogP contribution >= 0.6 is 11.6 Å². The van der Waals surface area contributed by atoms with Crippen molar-refractivity contribution in [2.45, 2.75) is 31.6 Å². The molecule has 11 heteroatoms. The van der Waals surface area contributed by atoms with E-state index in [1.165, 1.54) is 12.1 Å². The van der Waals surface area contributed by atoms with Crippen molar-refractivity contribution in [2.75, 3.05) is 19.7 Å². The summed E-state index contributed by atoms with van der Waals surface area (Å²) in [5.74, 6) is 5.55. The molecule has 0 aliphatic carbocycles. The lowest BCUT2D eigenvalue weighted by Gasteiger charge is -2.30. The molecule has 180 valence electrons. The molecule has 0 spiro atoms. The van der Waals surface area contributed by atoms with E-state index in [2.05, 4.69) is 10.0 Å². The van der Waals surface area contributed by atoms with E-state index in [9.17, 15) is 8.42 Å². The van der Waals surface area contributed by atoms with Crippen molar-refractivity contribution in [2.24, 2.45) is 16.9 Å². The first-order valence-electron chi connectivity index (χ1n) is 10.2. The number of hydrazone groups is 1. The van der Waals surface area contributed by atoms with Crippen molar-refractivity contribution in [3.8, 4) is 11.5 Å². The van der Waals surface area contributed by atoms with Gasteiger partial charge in [-0.2, -0.15) is 13.5 Å². The maximum atomic E-state index is 12.5. The highest BCUT2D eigenvalue weighted by molar-refractivity contribution is 7.87. The van der Waals surface area contributed by atoms with Crippen LogP contribution in [-0.4, -0.2) is 50.4 Å². The van der Waals surface area contributed by atoms with Crippen molar-refractivity contribution in [3.05, 3.63) is 53.1 Å². The molecule has 0 atom stereocenters. The van der Waals surface area contributed by atoms with Crippen LogP contribution in [0.25, 0.3) is 0 Å². The molecule has 9 nitrogen and oxygen atoms in total. The molecule has 3 rings (SSSR count). The Morgan fingerprint density at radius 2 is 1.88 bits per heavy atom. The van der Waals surface area contributed by atoms with E-state index in [0.717, 1.165) is 38.4 Å². The van der Waals surface area contributed by atoms with Gasteiger partial charge < -0.3 is 24.8 Å². The number of piperidine rings is 1. The molecule has 1 fully saturated rings. The number of hydrogen-bond donors (Lipinski definition) is 2. The molecule has 1 aliphatic heterocycles. The molecule has 1 heterocycles. The van der Waals surface area contributed by atoms with Crippen molar-refractivity contribution in [1.29, 1.82) is 0 Å². The fourth-order valence-corrected chi connectivity index (χ4v) is 4.40. The van der Waals surface area contributed by atoms with E-state index in [4.69, 9.17) is 36.3 Å². The lowest BCUT2D eigenvalue weighted by molar-refractivity contribution is -0.134. The predicted octanol–water partition coefficient (Wildman–Crippen LogP) is 3.50. The van der Waals surface area contributed by atoms with Gasteiger partial charge in [0.05, 0.1) is 6.61 Å². The fraction of sp³-hybridized carbons (Fsp3) is 0.364. The number of carbonyl (C=O) groups is 1. The van der Waals surface area contributed by atoms with Gasteiger partial charge in [-0.1, -0.05) is 17.7 Å². The van der Waals surface area contributed by atoms with Gasteiger partial charge >= 0.3 is 10.1 Å². The zero-order valence-corrected chi connectivity index (χ0v) is 20.1. The highest BCUT2D eigenvalue weighted by Crippen LogP contribution is 2.27. The van der Waals surface area contributed by atoms with Crippen LogP contribution in [0.2, 0.25) is 5.02 Å². The van der Waals surface area contributed by atoms with Gasteiger partial charge in [-0.15, -0.1) is 0 Å². The lowest BCUT2D eigenvalue weighted by Crippen LogP contribution is -2.34. The standard InChI is InChI=1S/C20H24ClN3O4S.C2H4O2/c1-15-9-18(27-13-16-5-7-24(8-6-16)14-23-22)12-19(10-15)28-29(25,26)20-4-2-3-17(21)11-20;1-2(3)4/h2-4,9-12,14,16H,5-8,13,22H2,1H3;1H3,(H,3,4). The number of aliphatic carboxylic acids is 1. The van der Waals surface area contributed by atoms with Gasteiger partial charge in [-0.05, 0) is 61.6 Å². The zero-order chi connectivity index (χ0) is 24.4. The monoisotopic (exact) mass is 497 g/mol. The molecule has 0 aromatic heterocycles. The van der Waals surface area contributed by atoms with Gasteiger partial charge in [0.2, 0.25) is 0 Å². The first-order valence-corrected chi connectivity index (χ1v) is 12.0. The number of aryl methyl sites for hydroxylation is 1. The SMILES string of the molecule is CC(=O)O.Cc1cc(OCC2CCN(C=NN)CC2)cc(OS(=O)(=O)c2cccc(Cl)c2)c1. The average Bonchev–Trinajstić information content (AvgIpc) is 2.72. The second-order valence-electron chi connectivity index (χ2n) is 7.55. The van der Waals surface area contributed by atoms with Gasteiger partial charge in [0.1, 0.15) is 22.7 Å². The van der Waals surface area contributed by atoms with Crippen LogP contribution in [0.3, 0.4) is 0 Å². The van der Waals surface area contributed by atoms with Crippen LogP contribution in [-0.2, 0) is 14.9 Å². The second kappa shape index (κ2) is 12.3. The lowest BCUT2D eigenvalue weighted by atomic mass is 9.98. The summed E-state index contributed by atoms with van der Waals surface area (Å²) in [4.78, 5) is 11.1. The highest BCUT2D eigenvalue weighted by atomic mass is 35.5. The highest BCUT2D eigenvalue weighted by Gasteiger charge is 2.20. The maximum absolute atomic E-state index is 12.5. The van der Waals surface area contributed by atoms with Gasteiger partial charge in [0, 0.05) is 31.1 Å². The zero-order valence-electron chi connectivity index (χ0n) is 18.5. The Labute approximate surface area is 198 Å². The molecule has 33 heavy (non-hydrogen) atoms. The van der Waals surface area contributed by atoms with Crippen LogP contribution in [0.5, 0.6) is 11.5 Å². The number of benzene rings is 2. The normalized spacial score (nSPS) is 14.5. The third-order valence-corrected chi connectivity index (χ3v) is 6.16. The van der Waals surface area contributed by atoms with Crippen LogP contribution in [0.4, 0.5) is 0 Å². The summed E-state index contributed by atoms with van der Waals surface area (Å²) >= 11 is 5.89. The van der Waals surface area contributed by atoms with Crippen molar-refractivity contribution >= 4 is 34.0 Å². The molecule has 1 aliphatic rings. The number of rotatable bonds is 7. The topological polar surface area (TPSA) is 132 Å². The van der Waals surface area contributed by atoms with E-state index >= 15 is 0 Å². The Bertz CT molecular complexity index is 1070. The predicted molar refractivity (Wildman–Crippen MR) is 126 cm³/mol. The van der Waals surface area contributed by atoms with Crippen LogP contribution in [0.15, 0.2) is 52.5 Å². The van der Waals surface area contributed by atoms with E-state index in [1.54, 1.807) is 30.6 Å². The summed E-state index contributed by atoms with van der Waals surface area (Å²) in [6, 6.07) is 11.1. The fourth-order valence-electron chi connectivity index (χ4n) is 3.19. The number of nitrogens with two attached hydrogens (primary N) is 1. The minimum Gasteiger partial charge on any atom is -0.493 e. The molecule has 2 aromatic rings. The molecule has 0 unspecified atom stereocenters. The third kappa shape index (κ3) is 9.19. The van der Waals surface area contributed by atoms with Crippen LogP contribution in [0.1, 0.15) is 25.3 Å². The molecule has 0 saturated carbocycles. The smallest absolute Gasteiger partial charge is 0.339 e. The molecule has 1 saturated heterocycles. The summed E-state index contributed by atoms with van der Waals surface area (Å²) in [5, 5.41) is 11.3. The minimum absolute atomic E-state index is 0.00162. The summed E-state index contributed by atoms with van der Waals surface area (Å²) in [6.45, 7) is 5.26. The van der Waals surface area contributed by atoms with Crippen molar-refractivity contribution in [1.82, 2.24) is 4.90 Å². The summed E-state index contributed by atoms with van der Waals surface area (Å²) < 4.78 is 36.3. The van der Waals surface area contributed by atoms with Gasteiger partial charge in [0.25, 0.3) is 5.97 Å². The Morgan fingerprint density at radius 3 is 2.48 bits per heavy atom. The van der Waals surface area contributed by atoms with Gasteiger partial charge in [-0.3, -0.25) is 4.79 Å². The number of halogens is 1. The largest absolute Gasteiger partial charge is 0.493 e.